The van der Waals surface area contributed by atoms with E-state index in [0.29, 0.717) is 16.3 Å². The molecular formula is C27H18ClIN4O2S. The average molecular weight is 625 g/mol. The fourth-order valence-corrected chi connectivity index (χ4v) is 4.55. The number of rotatable bonds is 7. The SMILES string of the molecule is O=C(N/N=C\c1ccc(-c2ccc(I)cc2)o1)c1ccc(-c2csc(Nc3ccc(Cl)cc3)n2)cc1. The molecule has 36 heavy (non-hydrogen) atoms. The van der Waals surface area contributed by atoms with E-state index in [1.807, 2.05) is 78.2 Å². The van der Waals surface area contributed by atoms with Gasteiger partial charge in [0.2, 0.25) is 0 Å². The van der Waals surface area contributed by atoms with Crippen molar-refractivity contribution in [1.29, 1.82) is 0 Å². The molecule has 0 saturated carbocycles. The van der Waals surface area contributed by atoms with Crippen LogP contribution < -0.4 is 10.7 Å². The summed E-state index contributed by atoms with van der Waals surface area (Å²) in [5.74, 6) is 0.972. The number of nitrogens with one attached hydrogen (secondary N) is 2. The molecular weight excluding hydrogens is 607 g/mol. The predicted molar refractivity (Wildman–Crippen MR) is 154 cm³/mol. The van der Waals surface area contributed by atoms with Gasteiger partial charge in [0.15, 0.2) is 5.13 Å². The topological polar surface area (TPSA) is 79.5 Å². The molecule has 0 aliphatic carbocycles. The van der Waals surface area contributed by atoms with Gasteiger partial charge >= 0.3 is 0 Å². The van der Waals surface area contributed by atoms with E-state index in [4.69, 9.17) is 16.0 Å². The van der Waals surface area contributed by atoms with Gasteiger partial charge in [-0.1, -0.05) is 35.9 Å². The highest BCUT2D eigenvalue weighted by Crippen LogP contribution is 2.28. The normalized spacial score (nSPS) is 11.1. The fraction of sp³-hybridized carbons (Fsp3) is 0. The molecule has 0 unspecified atom stereocenters. The van der Waals surface area contributed by atoms with Crippen LogP contribution in [-0.4, -0.2) is 17.1 Å². The molecule has 5 rings (SSSR count). The van der Waals surface area contributed by atoms with Gasteiger partial charge in [-0.3, -0.25) is 4.79 Å². The minimum atomic E-state index is -0.314. The van der Waals surface area contributed by atoms with Gasteiger partial charge in [-0.2, -0.15) is 5.10 Å². The second-order valence-electron chi connectivity index (χ2n) is 7.66. The Labute approximate surface area is 230 Å². The van der Waals surface area contributed by atoms with Crippen molar-refractivity contribution in [2.75, 3.05) is 5.32 Å². The minimum absolute atomic E-state index is 0.314. The summed E-state index contributed by atoms with van der Waals surface area (Å²) < 4.78 is 6.94. The summed E-state index contributed by atoms with van der Waals surface area (Å²) in [5.41, 5.74) is 6.65. The summed E-state index contributed by atoms with van der Waals surface area (Å²) in [4.78, 5) is 17.1. The number of halogens is 2. The second-order valence-corrected chi connectivity index (χ2v) is 10.2. The number of thiazole rings is 1. The lowest BCUT2D eigenvalue weighted by Gasteiger charge is -2.03. The lowest BCUT2D eigenvalue weighted by molar-refractivity contribution is 0.0955. The number of hydrogen-bond acceptors (Lipinski definition) is 6. The number of amides is 1. The van der Waals surface area contributed by atoms with Gasteiger partial charge in [-0.25, -0.2) is 10.4 Å². The lowest BCUT2D eigenvalue weighted by Crippen LogP contribution is -2.17. The van der Waals surface area contributed by atoms with E-state index in [-0.39, 0.29) is 5.91 Å². The molecule has 2 heterocycles. The summed E-state index contributed by atoms with van der Waals surface area (Å²) in [6.45, 7) is 0. The van der Waals surface area contributed by atoms with Crippen molar-refractivity contribution in [3.8, 4) is 22.6 Å². The van der Waals surface area contributed by atoms with Crippen molar-refractivity contribution in [3.05, 3.63) is 110 Å². The Morgan fingerprint density at radius 3 is 2.42 bits per heavy atom. The quantitative estimate of drug-likeness (QED) is 0.110. The zero-order valence-corrected chi connectivity index (χ0v) is 22.3. The van der Waals surface area contributed by atoms with Crippen molar-refractivity contribution >= 4 is 68.5 Å². The van der Waals surface area contributed by atoms with Gasteiger partial charge in [-0.15, -0.1) is 11.3 Å². The van der Waals surface area contributed by atoms with Crippen molar-refractivity contribution < 1.29 is 9.21 Å². The maximum absolute atomic E-state index is 12.5. The first-order valence-electron chi connectivity index (χ1n) is 10.8. The number of nitrogens with zero attached hydrogens (tertiary/aromatic N) is 2. The van der Waals surface area contributed by atoms with E-state index < -0.39 is 0 Å². The molecule has 0 atom stereocenters. The summed E-state index contributed by atoms with van der Waals surface area (Å²) >= 11 is 9.69. The molecule has 2 aromatic heterocycles. The number of aromatic nitrogens is 1. The fourth-order valence-electron chi connectivity index (χ4n) is 3.32. The molecule has 5 aromatic rings. The first-order valence-corrected chi connectivity index (χ1v) is 13.1. The molecule has 3 aromatic carbocycles. The second kappa shape index (κ2) is 11.1. The Kier molecular flexibility index (Phi) is 7.45. The van der Waals surface area contributed by atoms with Gasteiger partial charge in [0.05, 0.1) is 11.9 Å². The van der Waals surface area contributed by atoms with E-state index >= 15 is 0 Å². The van der Waals surface area contributed by atoms with Gasteiger partial charge in [-0.05, 0) is 83.3 Å². The number of hydrazone groups is 1. The number of carbonyl (C=O) groups is 1. The predicted octanol–water partition coefficient (Wildman–Crippen LogP) is 7.84. The Balaban J connectivity index is 1.18. The zero-order chi connectivity index (χ0) is 24.9. The number of anilines is 2. The van der Waals surface area contributed by atoms with Crippen LogP contribution in [0.4, 0.5) is 10.8 Å². The van der Waals surface area contributed by atoms with Crippen molar-refractivity contribution in [1.82, 2.24) is 10.4 Å². The van der Waals surface area contributed by atoms with Crippen molar-refractivity contribution in [3.63, 3.8) is 0 Å². The zero-order valence-electron chi connectivity index (χ0n) is 18.6. The molecule has 0 aliphatic rings. The van der Waals surface area contributed by atoms with E-state index in [0.717, 1.165) is 37.0 Å². The highest BCUT2D eigenvalue weighted by molar-refractivity contribution is 14.1. The van der Waals surface area contributed by atoms with Crippen LogP contribution in [0.25, 0.3) is 22.6 Å². The number of carbonyl (C=O) groups excluding carboxylic acids is 1. The molecule has 178 valence electrons. The van der Waals surface area contributed by atoms with E-state index in [9.17, 15) is 4.79 Å². The standard InChI is InChI=1S/C27H18ClIN4O2S/c28-20-7-11-22(12-8-20)31-27-32-24(16-36-27)17-1-3-19(4-2-17)26(34)33-30-15-23-13-14-25(35-23)18-5-9-21(29)10-6-18/h1-16H,(H,31,32)(H,33,34)/b30-15-. The number of furan rings is 1. The molecule has 2 N–H and O–H groups in total. The van der Waals surface area contributed by atoms with Crippen LogP contribution in [-0.2, 0) is 0 Å². The highest BCUT2D eigenvalue weighted by atomic mass is 127. The molecule has 0 radical (unpaired) electrons. The smallest absolute Gasteiger partial charge is 0.271 e. The maximum atomic E-state index is 12.5. The van der Waals surface area contributed by atoms with E-state index in [2.05, 4.69) is 43.4 Å². The summed E-state index contributed by atoms with van der Waals surface area (Å²) in [7, 11) is 0. The third-order valence-electron chi connectivity index (χ3n) is 5.16. The monoisotopic (exact) mass is 624 g/mol. The molecule has 0 aliphatic heterocycles. The molecule has 0 fully saturated rings. The van der Waals surface area contributed by atoms with Crippen LogP contribution >= 0.6 is 45.5 Å². The molecule has 0 saturated heterocycles. The van der Waals surface area contributed by atoms with Crippen LogP contribution in [0.3, 0.4) is 0 Å². The highest BCUT2D eigenvalue weighted by Gasteiger charge is 2.09. The van der Waals surface area contributed by atoms with Crippen LogP contribution in [0.15, 0.2) is 99.8 Å². The van der Waals surface area contributed by atoms with Gasteiger partial charge in [0.1, 0.15) is 11.5 Å². The molecule has 6 nitrogen and oxygen atoms in total. The Morgan fingerprint density at radius 2 is 1.67 bits per heavy atom. The first-order chi connectivity index (χ1) is 17.5. The molecule has 0 spiro atoms. The molecule has 0 bridgehead atoms. The summed E-state index contributed by atoms with van der Waals surface area (Å²) in [6, 6.07) is 26.4. The third kappa shape index (κ3) is 6.01. The maximum Gasteiger partial charge on any atom is 0.271 e. The van der Waals surface area contributed by atoms with Crippen LogP contribution in [0.2, 0.25) is 5.02 Å². The van der Waals surface area contributed by atoms with E-state index in [1.54, 1.807) is 12.1 Å². The lowest BCUT2D eigenvalue weighted by atomic mass is 10.1. The first kappa shape index (κ1) is 24.2. The summed E-state index contributed by atoms with van der Waals surface area (Å²) in [6.07, 6.45) is 1.48. The van der Waals surface area contributed by atoms with Crippen molar-refractivity contribution in [2.45, 2.75) is 0 Å². The third-order valence-corrected chi connectivity index (χ3v) is 6.88. The van der Waals surface area contributed by atoms with Crippen LogP contribution in [0.5, 0.6) is 0 Å². The minimum Gasteiger partial charge on any atom is -0.455 e. The van der Waals surface area contributed by atoms with Gasteiger partial charge in [0.25, 0.3) is 5.91 Å². The molecule has 1 amide bonds. The number of hydrogen-bond donors (Lipinski definition) is 2. The molecule has 9 heteroatoms. The van der Waals surface area contributed by atoms with Crippen molar-refractivity contribution in [2.24, 2.45) is 5.10 Å². The summed E-state index contributed by atoms with van der Waals surface area (Å²) in [5, 5.41) is 10.7. The Hall–Kier alpha value is -3.47. The van der Waals surface area contributed by atoms with Crippen LogP contribution in [0.1, 0.15) is 16.1 Å². The van der Waals surface area contributed by atoms with Crippen LogP contribution in [0, 0.1) is 3.57 Å². The van der Waals surface area contributed by atoms with Gasteiger partial charge in [0, 0.05) is 36.4 Å². The Morgan fingerprint density at radius 1 is 0.944 bits per heavy atom. The largest absolute Gasteiger partial charge is 0.455 e. The number of benzene rings is 3. The Bertz CT molecular complexity index is 1510. The van der Waals surface area contributed by atoms with E-state index in [1.165, 1.54) is 17.6 Å². The average Bonchev–Trinajstić information content (AvgIpc) is 3.56. The van der Waals surface area contributed by atoms with Gasteiger partial charge < -0.3 is 9.73 Å².